The molecule has 0 aromatic heterocycles. The van der Waals surface area contributed by atoms with E-state index in [9.17, 15) is 9.59 Å². The molecule has 0 aromatic rings. The molecular formula is C7H9NO3. The van der Waals surface area contributed by atoms with Crippen molar-refractivity contribution in [3.8, 4) is 0 Å². The molecule has 1 atom stereocenters. The monoisotopic (exact) mass is 155 g/mol. The van der Waals surface area contributed by atoms with Crippen LogP contribution in [0.3, 0.4) is 0 Å². The molecular weight excluding hydrogens is 146 g/mol. The summed E-state index contributed by atoms with van der Waals surface area (Å²) in [4.78, 5) is 24.1. The second-order valence-electron chi connectivity index (χ2n) is 2.07. The molecule has 11 heavy (non-hydrogen) atoms. The Labute approximate surface area is 65.0 Å². The molecule has 4 nitrogen and oxygen atoms in total. The smallest absolute Gasteiger partial charge is 0.390 e. The zero-order chi connectivity index (χ0) is 8.85. The second-order valence-corrected chi connectivity index (χ2v) is 2.07. The first-order valence-electron chi connectivity index (χ1n) is 3.05. The van der Waals surface area contributed by atoms with E-state index < -0.39 is 12.0 Å². The van der Waals surface area contributed by atoms with E-state index in [4.69, 9.17) is 6.57 Å². The summed E-state index contributed by atoms with van der Waals surface area (Å²) in [6.07, 6.45) is -0.0594. The normalized spacial score (nSPS) is 11.4. The van der Waals surface area contributed by atoms with Crippen molar-refractivity contribution in [2.24, 2.45) is 0 Å². The van der Waals surface area contributed by atoms with Gasteiger partial charge in [-0.25, -0.2) is 11.4 Å². The van der Waals surface area contributed by atoms with E-state index in [1.165, 1.54) is 14.0 Å². The lowest BCUT2D eigenvalue weighted by Crippen LogP contribution is -2.20. The maximum Gasteiger partial charge on any atom is 0.390 e. The van der Waals surface area contributed by atoms with Crippen molar-refractivity contribution in [3.05, 3.63) is 11.4 Å². The number of ketones is 1. The van der Waals surface area contributed by atoms with Crippen LogP contribution in [0.4, 0.5) is 0 Å². The van der Waals surface area contributed by atoms with Gasteiger partial charge in [0.15, 0.2) is 0 Å². The Bertz CT molecular complexity index is 204. The summed E-state index contributed by atoms with van der Waals surface area (Å²) in [5.41, 5.74) is 0. The lowest BCUT2D eigenvalue weighted by molar-refractivity contribution is -0.142. The molecule has 0 aromatic carbocycles. The molecule has 0 fully saturated rings. The van der Waals surface area contributed by atoms with Gasteiger partial charge in [-0.05, 0) is 6.92 Å². The Morgan fingerprint density at radius 1 is 1.64 bits per heavy atom. The predicted molar refractivity (Wildman–Crippen MR) is 37.7 cm³/mol. The van der Waals surface area contributed by atoms with Gasteiger partial charge in [-0.1, -0.05) is 0 Å². The second kappa shape index (κ2) is 4.45. The van der Waals surface area contributed by atoms with E-state index in [0.717, 1.165) is 0 Å². The number of carbonyl (C=O) groups excluding carboxylic acids is 2. The molecule has 1 unspecified atom stereocenters. The van der Waals surface area contributed by atoms with E-state index in [1.54, 1.807) is 0 Å². The van der Waals surface area contributed by atoms with Crippen LogP contribution in [0.2, 0.25) is 0 Å². The van der Waals surface area contributed by atoms with E-state index >= 15 is 0 Å². The summed E-state index contributed by atoms with van der Waals surface area (Å²) >= 11 is 0. The molecule has 0 aliphatic carbocycles. The summed E-state index contributed by atoms with van der Waals surface area (Å²) in [5, 5.41) is 0. The summed E-state index contributed by atoms with van der Waals surface area (Å²) in [7, 11) is 1.20. The third kappa shape index (κ3) is 3.36. The minimum absolute atomic E-state index is 0.0594. The van der Waals surface area contributed by atoms with Crippen molar-refractivity contribution < 1.29 is 14.3 Å². The zero-order valence-corrected chi connectivity index (χ0v) is 6.46. The summed E-state index contributed by atoms with van der Waals surface area (Å²) < 4.78 is 4.30. The Morgan fingerprint density at radius 3 is 2.45 bits per heavy atom. The van der Waals surface area contributed by atoms with Gasteiger partial charge in [-0.2, -0.15) is 0 Å². The minimum Gasteiger partial charge on any atom is -0.463 e. The summed E-state index contributed by atoms with van der Waals surface area (Å²) in [6, 6.07) is -0.961. The molecule has 0 saturated carbocycles. The van der Waals surface area contributed by atoms with Crippen LogP contribution in [0.5, 0.6) is 0 Å². The van der Waals surface area contributed by atoms with Crippen molar-refractivity contribution in [1.29, 1.82) is 0 Å². The highest BCUT2D eigenvalue weighted by Gasteiger charge is 2.25. The van der Waals surface area contributed by atoms with Crippen LogP contribution in [0.25, 0.3) is 4.85 Å². The highest BCUT2D eigenvalue weighted by atomic mass is 16.5. The fourth-order valence-corrected chi connectivity index (χ4v) is 0.590. The van der Waals surface area contributed by atoms with Crippen molar-refractivity contribution in [2.75, 3.05) is 7.11 Å². The highest BCUT2D eigenvalue weighted by Crippen LogP contribution is 2.00. The van der Waals surface area contributed by atoms with Gasteiger partial charge in [-0.3, -0.25) is 4.79 Å². The first-order chi connectivity index (χ1) is 5.11. The first kappa shape index (κ1) is 9.63. The molecule has 0 aliphatic rings. The van der Waals surface area contributed by atoms with Crippen LogP contribution in [0.15, 0.2) is 0 Å². The number of rotatable bonds is 3. The molecule has 0 radical (unpaired) electrons. The molecule has 4 heteroatoms. The van der Waals surface area contributed by atoms with Gasteiger partial charge in [0, 0.05) is 0 Å². The highest BCUT2D eigenvalue weighted by molar-refractivity contribution is 5.86. The van der Waals surface area contributed by atoms with Gasteiger partial charge in [0.05, 0.1) is 13.5 Å². The van der Waals surface area contributed by atoms with Gasteiger partial charge in [0.1, 0.15) is 5.78 Å². The van der Waals surface area contributed by atoms with E-state index in [-0.39, 0.29) is 12.2 Å². The molecule has 0 N–H and O–H groups in total. The number of hydrogen-bond donors (Lipinski definition) is 0. The first-order valence-corrected chi connectivity index (χ1v) is 3.05. The number of carbonyl (C=O) groups is 2. The van der Waals surface area contributed by atoms with Crippen LogP contribution in [-0.2, 0) is 14.3 Å². The molecule has 0 bridgehead atoms. The Kier molecular flexibility index (Phi) is 3.89. The van der Waals surface area contributed by atoms with Gasteiger partial charge >= 0.3 is 12.0 Å². The van der Waals surface area contributed by atoms with E-state index in [2.05, 4.69) is 9.58 Å². The largest absolute Gasteiger partial charge is 0.463 e. The van der Waals surface area contributed by atoms with Crippen molar-refractivity contribution in [1.82, 2.24) is 0 Å². The lowest BCUT2D eigenvalue weighted by Gasteiger charge is -1.99. The molecule has 0 amide bonds. The van der Waals surface area contributed by atoms with Crippen molar-refractivity contribution in [3.63, 3.8) is 0 Å². The fraction of sp³-hybridized carbons (Fsp3) is 0.571. The number of Topliss-reactive ketones (excluding diaryl/α,β-unsaturated/α-hetero) is 1. The fourth-order valence-electron chi connectivity index (χ4n) is 0.590. The summed E-state index contributed by atoms with van der Waals surface area (Å²) in [6.45, 7) is 7.89. The van der Waals surface area contributed by atoms with Gasteiger partial charge in [-0.15, -0.1) is 0 Å². The lowest BCUT2D eigenvalue weighted by atomic mass is 10.2. The topological polar surface area (TPSA) is 47.7 Å². The molecule has 0 saturated heterocycles. The third-order valence-electron chi connectivity index (χ3n) is 1.11. The van der Waals surface area contributed by atoms with Crippen molar-refractivity contribution in [2.45, 2.75) is 19.4 Å². The number of nitrogens with zero attached hydrogens (tertiary/aromatic N) is 1. The number of methoxy groups -OCH3 is 1. The quantitative estimate of drug-likeness (QED) is 0.438. The van der Waals surface area contributed by atoms with E-state index in [1.807, 2.05) is 0 Å². The van der Waals surface area contributed by atoms with E-state index in [0.29, 0.717) is 0 Å². The molecule has 0 aliphatic heterocycles. The maximum atomic E-state index is 10.7. The van der Waals surface area contributed by atoms with Gasteiger partial charge < -0.3 is 9.58 Å². The molecule has 60 valence electrons. The Hall–Kier alpha value is -1.37. The third-order valence-corrected chi connectivity index (χ3v) is 1.11. The number of esters is 1. The van der Waals surface area contributed by atoms with Gasteiger partial charge in [0.25, 0.3) is 0 Å². The zero-order valence-electron chi connectivity index (χ0n) is 6.46. The minimum atomic E-state index is -0.961. The van der Waals surface area contributed by atoms with Crippen LogP contribution < -0.4 is 0 Å². The number of hydrogen-bond acceptors (Lipinski definition) is 3. The van der Waals surface area contributed by atoms with Crippen LogP contribution in [0.1, 0.15) is 13.3 Å². The number of ether oxygens (including phenoxy) is 1. The molecule has 0 heterocycles. The molecule has 0 spiro atoms. The standard InChI is InChI=1S/C7H9NO3/c1-5(9)4-6(8-2)7(10)11-3/h6H,4H2,1,3H3. The van der Waals surface area contributed by atoms with Crippen LogP contribution >= 0.6 is 0 Å². The molecule has 0 rings (SSSR count). The predicted octanol–water partition coefficient (Wildman–Crippen LogP) is 0.426. The average molecular weight is 155 g/mol. The van der Waals surface area contributed by atoms with Gasteiger partial charge in [0.2, 0.25) is 0 Å². The Morgan fingerprint density at radius 2 is 2.18 bits per heavy atom. The average Bonchev–Trinajstić information content (AvgIpc) is 1.98. The SMILES string of the molecule is [C-]#[N+]C(CC(C)=O)C(=O)OC. The maximum absolute atomic E-state index is 10.7. The Balaban J connectivity index is 4.09. The van der Waals surface area contributed by atoms with Crippen molar-refractivity contribution >= 4 is 11.8 Å². The summed E-state index contributed by atoms with van der Waals surface area (Å²) in [5.74, 6) is -0.827. The van der Waals surface area contributed by atoms with Crippen LogP contribution in [0, 0.1) is 6.57 Å². The van der Waals surface area contributed by atoms with Crippen LogP contribution in [-0.4, -0.2) is 24.9 Å².